The quantitative estimate of drug-likeness (QED) is 0.669. The molecule has 90 valence electrons. The van der Waals surface area contributed by atoms with Gasteiger partial charge in [-0.05, 0) is 48.2 Å². The van der Waals surface area contributed by atoms with E-state index in [2.05, 4.69) is 78.3 Å². The highest BCUT2D eigenvalue weighted by molar-refractivity contribution is 9.10. The fourth-order valence-corrected chi connectivity index (χ4v) is 3.21. The molecule has 1 atom stereocenters. The van der Waals surface area contributed by atoms with Crippen LogP contribution in [0.3, 0.4) is 0 Å². The number of rotatable bonds is 1. The van der Waals surface area contributed by atoms with Gasteiger partial charge >= 0.3 is 0 Å². The van der Waals surface area contributed by atoms with Crippen LogP contribution in [0.4, 0.5) is 0 Å². The van der Waals surface area contributed by atoms with Gasteiger partial charge in [-0.1, -0.05) is 57.9 Å². The van der Waals surface area contributed by atoms with Gasteiger partial charge in [-0.25, -0.2) is 0 Å². The molecular weight excluding hydrogens is 284 g/mol. The van der Waals surface area contributed by atoms with E-state index in [0.717, 1.165) is 4.47 Å². The minimum atomic E-state index is 0.425. The second-order valence-electron chi connectivity index (χ2n) is 4.95. The lowest BCUT2D eigenvalue weighted by atomic mass is 9.86. The standard InChI is InChI=1S/C17H15Br/c1-11-5-3-4-6-15(11)17-12(2)9-13-10-14(18)7-8-16(13)17/h3-10,17H,1-2H3. The molecule has 0 N–H and O–H groups in total. The maximum Gasteiger partial charge on any atom is 0.0308 e. The van der Waals surface area contributed by atoms with Crippen molar-refractivity contribution in [2.45, 2.75) is 19.8 Å². The highest BCUT2D eigenvalue weighted by Crippen LogP contribution is 2.42. The van der Waals surface area contributed by atoms with Gasteiger partial charge in [-0.2, -0.15) is 0 Å². The number of benzene rings is 2. The highest BCUT2D eigenvalue weighted by atomic mass is 79.9. The Labute approximate surface area is 116 Å². The van der Waals surface area contributed by atoms with Crippen LogP contribution in [0.2, 0.25) is 0 Å². The van der Waals surface area contributed by atoms with Crippen LogP contribution >= 0.6 is 15.9 Å². The maximum atomic E-state index is 3.55. The molecular formula is C17H15Br. The highest BCUT2D eigenvalue weighted by Gasteiger charge is 2.24. The summed E-state index contributed by atoms with van der Waals surface area (Å²) in [5.41, 5.74) is 6.98. The Morgan fingerprint density at radius 2 is 1.72 bits per heavy atom. The molecule has 0 radical (unpaired) electrons. The van der Waals surface area contributed by atoms with E-state index in [-0.39, 0.29) is 0 Å². The molecule has 0 spiro atoms. The van der Waals surface area contributed by atoms with Crippen LogP contribution in [-0.4, -0.2) is 0 Å². The smallest absolute Gasteiger partial charge is 0.0308 e. The first kappa shape index (κ1) is 11.7. The van der Waals surface area contributed by atoms with Crippen LogP contribution in [0.5, 0.6) is 0 Å². The topological polar surface area (TPSA) is 0 Å². The van der Waals surface area contributed by atoms with Crippen LogP contribution in [0, 0.1) is 6.92 Å². The van der Waals surface area contributed by atoms with Crippen LogP contribution in [0.25, 0.3) is 6.08 Å². The zero-order chi connectivity index (χ0) is 12.7. The van der Waals surface area contributed by atoms with E-state index in [1.54, 1.807) is 0 Å². The number of fused-ring (bicyclic) bond motifs is 1. The summed E-state index contributed by atoms with van der Waals surface area (Å²) in [6.45, 7) is 4.42. The fourth-order valence-electron chi connectivity index (χ4n) is 2.83. The summed E-state index contributed by atoms with van der Waals surface area (Å²) < 4.78 is 1.15. The molecule has 0 bridgehead atoms. The summed E-state index contributed by atoms with van der Waals surface area (Å²) in [6.07, 6.45) is 2.30. The van der Waals surface area contributed by atoms with Gasteiger partial charge in [-0.15, -0.1) is 0 Å². The van der Waals surface area contributed by atoms with Crippen molar-refractivity contribution >= 4 is 22.0 Å². The first-order valence-corrected chi connectivity index (χ1v) is 6.99. The molecule has 1 heteroatoms. The molecule has 0 nitrogen and oxygen atoms in total. The molecule has 18 heavy (non-hydrogen) atoms. The van der Waals surface area contributed by atoms with E-state index in [9.17, 15) is 0 Å². The number of allylic oxidation sites excluding steroid dienone is 1. The molecule has 0 heterocycles. The molecule has 2 aromatic rings. The monoisotopic (exact) mass is 298 g/mol. The molecule has 0 fully saturated rings. The van der Waals surface area contributed by atoms with Crippen molar-refractivity contribution in [2.75, 3.05) is 0 Å². The van der Waals surface area contributed by atoms with Crippen molar-refractivity contribution in [1.29, 1.82) is 0 Å². The third kappa shape index (κ3) is 1.83. The first-order chi connectivity index (χ1) is 8.66. The van der Waals surface area contributed by atoms with E-state index < -0.39 is 0 Å². The summed E-state index contributed by atoms with van der Waals surface area (Å²) in [5.74, 6) is 0.425. The van der Waals surface area contributed by atoms with Crippen LogP contribution in [0.1, 0.15) is 35.1 Å². The second kappa shape index (κ2) is 4.40. The van der Waals surface area contributed by atoms with E-state index in [4.69, 9.17) is 0 Å². The van der Waals surface area contributed by atoms with Gasteiger partial charge in [0.2, 0.25) is 0 Å². The van der Waals surface area contributed by atoms with Gasteiger partial charge in [0.05, 0.1) is 0 Å². The second-order valence-corrected chi connectivity index (χ2v) is 5.87. The minimum Gasteiger partial charge on any atom is -0.0620 e. The van der Waals surface area contributed by atoms with Crippen molar-refractivity contribution in [3.05, 3.63) is 74.8 Å². The Morgan fingerprint density at radius 3 is 2.50 bits per heavy atom. The number of hydrogen-bond donors (Lipinski definition) is 0. The molecule has 3 rings (SSSR count). The SMILES string of the molecule is CC1=Cc2cc(Br)ccc2C1c1ccccc1C. The van der Waals surface area contributed by atoms with Crippen molar-refractivity contribution in [3.8, 4) is 0 Å². The largest absolute Gasteiger partial charge is 0.0620 e. The molecule has 1 aliphatic carbocycles. The van der Waals surface area contributed by atoms with E-state index in [0.29, 0.717) is 5.92 Å². The lowest BCUT2D eigenvalue weighted by Crippen LogP contribution is -2.01. The van der Waals surface area contributed by atoms with Gasteiger partial charge in [-0.3, -0.25) is 0 Å². The first-order valence-electron chi connectivity index (χ1n) is 6.20. The van der Waals surface area contributed by atoms with Crippen LogP contribution < -0.4 is 0 Å². The van der Waals surface area contributed by atoms with Gasteiger partial charge in [0.15, 0.2) is 0 Å². The molecule has 0 saturated carbocycles. The average molecular weight is 299 g/mol. The Morgan fingerprint density at radius 1 is 0.944 bits per heavy atom. The Balaban J connectivity index is 2.17. The van der Waals surface area contributed by atoms with Gasteiger partial charge in [0, 0.05) is 10.4 Å². The predicted molar refractivity (Wildman–Crippen MR) is 80.8 cm³/mol. The molecule has 0 amide bonds. The minimum absolute atomic E-state index is 0.425. The Kier molecular flexibility index (Phi) is 2.87. The van der Waals surface area contributed by atoms with Crippen molar-refractivity contribution in [2.24, 2.45) is 0 Å². The summed E-state index contributed by atoms with van der Waals surface area (Å²) in [4.78, 5) is 0. The van der Waals surface area contributed by atoms with Crippen molar-refractivity contribution in [1.82, 2.24) is 0 Å². The Bertz CT molecular complexity index is 638. The maximum absolute atomic E-state index is 3.55. The zero-order valence-electron chi connectivity index (χ0n) is 10.6. The van der Waals surface area contributed by atoms with E-state index in [1.165, 1.54) is 27.8 Å². The third-order valence-electron chi connectivity index (χ3n) is 3.70. The lowest BCUT2D eigenvalue weighted by molar-refractivity contribution is 0.961. The number of hydrogen-bond acceptors (Lipinski definition) is 0. The van der Waals surface area contributed by atoms with E-state index >= 15 is 0 Å². The lowest BCUT2D eigenvalue weighted by Gasteiger charge is -2.17. The summed E-state index contributed by atoms with van der Waals surface area (Å²) in [6, 6.07) is 15.3. The molecule has 0 saturated heterocycles. The molecule has 0 aliphatic heterocycles. The summed E-state index contributed by atoms with van der Waals surface area (Å²) in [5, 5.41) is 0. The van der Waals surface area contributed by atoms with Gasteiger partial charge in [0.25, 0.3) is 0 Å². The molecule has 2 aromatic carbocycles. The van der Waals surface area contributed by atoms with Crippen molar-refractivity contribution < 1.29 is 0 Å². The number of halogens is 1. The predicted octanol–water partition coefficient (Wildman–Crippen LogP) is 5.31. The average Bonchev–Trinajstić information content (AvgIpc) is 2.65. The normalized spacial score (nSPS) is 17.5. The molecule has 1 unspecified atom stereocenters. The molecule has 1 aliphatic rings. The fraction of sp³-hybridized carbons (Fsp3) is 0.176. The van der Waals surface area contributed by atoms with Crippen molar-refractivity contribution in [3.63, 3.8) is 0 Å². The van der Waals surface area contributed by atoms with Crippen LogP contribution in [0.15, 0.2) is 52.5 Å². The molecule has 0 aromatic heterocycles. The number of aryl methyl sites for hydroxylation is 1. The summed E-state index contributed by atoms with van der Waals surface area (Å²) in [7, 11) is 0. The third-order valence-corrected chi connectivity index (χ3v) is 4.19. The van der Waals surface area contributed by atoms with Gasteiger partial charge in [0.1, 0.15) is 0 Å². The van der Waals surface area contributed by atoms with Crippen LogP contribution in [-0.2, 0) is 0 Å². The zero-order valence-corrected chi connectivity index (χ0v) is 12.2. The van der Waals surface area contributed by atoms with E-state index in [1.807, 2.05) is 0 Å². The Hall–Kier alpha value is -1.34. The summed E-state index contributed by atoms with van der Waals surface area (Å²) >= 11 is 3.55. The van der Waals surface area contributed by atoms with Gasteiger partial charge < -0.3 is 0 Å².